The Morgan fingerprint density at radius 3 is 2.10 bits per heavy atom. The first-order valence-electron chi connectivity index (χ1n) is 10.8. The quantitative estimate of drug-likeness (QED) is 0.848. The number of likely N-dealkylation sites (tertiary alicyclic amines) is 1. The van der Waals surface area contributed by atoms with Gasteiger partial charge in [0, 0.05) is 56.6 Å². The molecule has 0 saturated carbocycles. The Kier molecular flexibility index (Phi) is 6.21. The normalized spacial score (nSPS) is 17.7. The first-order chi connectivity index (χ1) is 14.6. The van der Waals surface area contributed by atoms with E-state index in [-0.39, 0.29) is 17.9 Å². The summed E-state index contributed by atoms with van der Waals surface area (Å²) in [6.07, 6.45) is 1.47. The molecular formula is C24H30N4O2. The van der Waals surface area contributed by atoms with E-state index < -0.39 is 0 Å². The molecule has 2 aliphatic rings. The number of urea groups is 1. The van der Waals surface area contributed by atoms with Gasteiger partial charge in [-0.15, -0.1) is 0 Å². The molecule has 2 aliphatic heterocycles. The zero-order valence-corrected chi connectivity index (χ0v) is 17.6. The standard InChI is InChI=1S/C24H30N4O2/c1-19-7-5-6-10-22(19)26-15-17-27(18-16-26)23(29)20-11-13-28(14-12-20)24(30)25-21-8-3-2-4-9-21/h2-10,20H,11-18H2,1H3,(H,25,30). The summed E-state index contributed by atoms with van der Waals surface area (Å²) in [5.74, 6) is 0.276. The average molecular weight is 407 g/mol. The number of nitrogens with zero attached hydrogens (tertiary/aromatic N) is 3. The summed E-state index contributed by atoms with van der Waals surface area (Å²) in [5, 5.41) is 2.93. The van der Waals surface area contributed by atoms with Crippen LogP contribution in [0.1, 0.15) is 18.4 Å². The number of para-hydroxylation sites is 2. The molecule has 0 bridgehead atoms. The second-order valence-corrected chi connectivity index (χ2v) is 8.16. The van der Waals surface area contributed by atoms with Gasteiger partial charge in [0.25, 0.3) is 0 Å². The van der Waals surface area contributed by atoms with Gasteiger partial charge in [-0.1, -0.05) is 36.4 Å². The molecule has 2 saturated heterocycles. The number of piperidine rings is 1. The summed E-state index contributed by atoms with van der Waals surface area (Å²) < 4.78 is 0. The van der Waals surface area contributed by atoms with Gasteiger partial charge in [-0.3, -0.25) is 4.79 Å². The second kappa shape index (κ2) is 9.20. The van der Waals surface area contributed by atoms with E-state index in [4.69, 9.17) is 0 Å². The number of carbonyl (C=O) groups is 2. The Morgan fingerprint density at radius 1 is 0.800 bits per heavy atom. The van der Waals surface area contributed by atoms with E-state index in [1.54, 1.807) is 0 Å². The Labute approximate surface area is 178 Å². The number of anilines is 2. The van der Waals surface area contributed by atoms with Crippen molar-refractivity contribution < 1.29 is 9.59 Å². The summed E-state index contributed by atoms with van der Waals surface area (Å²) in [6.45, 7) is 6.65. The van der Waals surface area contributed by atoms with Gasteiger partial charge in [0.2, 0.25) is 5.91 Å². The lowest BCUT2D eigenvalue weighted by Gasteiger charge is -2.39. The molecule has 3 amide bonds. The number of nitrogens with one attached hydrogen (secondary N) is 1. The fraction of sp³-hybridized carbons (Fsp3) is 0.417. The van der Waals surface area contributed by atoms with Crippen LogP contribution in [-0.4, -0.2) is 61.0 Å². The predicted molar refractivity (Wildman–Crippen MR) is 120 cm³/mol. The number of hydrogen-bond acceptors (Lipinski definition) is 3. The molecule has 2 fully saturated rings. The highest BCUT2D eigenvalue weighted by atomic mass is 16.2. The molecule has 1 N–H and O–H groups in total. The minimum atomic E-state index is -0.0843. The van der Waals surface area contributed by atoms with Crippen LogP contribution in [0.2, 0.25) is 0 Å². The molecule has 2 heterocycles. The number of hydrogen-bond donors (Lipinski definition) is 1. The van der Waals surface area contributed by atoms with E-state index >= 15 is 0 Å². The largest absolute Gasteiger partial charge is 0.368 e. The van der Waals surface area contributed by atoms with Gasteiger partial charge in [-0.25, -0.2) is 4.79 Å². The molecule has 0 unspecified atom stereocenters. The maximum Gasteiger partial charge on any atom is 0.321 e. The number of amides is 3. The molecule has 2 aromatic carbocycles. The Morgan fingerprint density at radius 2 is 1.43 bits per heavy atom. The zero-order valence-electron chi connectivity index (χ0n) is 17.6. The van der Waals surface area contributed by atoms with Gasteiger partial charge in [-0.2, -0.15) is 0 Å². The first-order valence-corrected chi connectivity index (χ1v) is 10.8. The van der Waals surface area contributed by atoms with Gasteiger partial charge in [0.1, 0.15) is 0 Å². The van der Waals surface area contributed by atoms with Gasteiger partial charge in [0.15, 0.2) is 0 Å². The lowest BCUT2D eigenvalue weighted by molar-refractivity contribution is -0.137. The minimum Gasteiger partial charge on any atom is -0.368 e. The summed E-state index contributed by atoms with van der Waals surface area (Å²) in [5.41, 5.74) is 3.34. The summed E-state index contributed by atoms with van der Waals surface area (Å²) in [7, 11) is 0. The van der Waals surface area contributed by atoms with Crippen LogP contribution in [-0.2, 0) is 4.79 Å². The highest BCUT2D eigenvalue weighted by molar-refractivity contribution is 5.89. The second-order valence-electron chi connectivity index (χ2n) is 8.16. The number of piperazine rings is 1. The van der Waals surface area contributed by atoms with Crippen LogP contribution in [0.4, 0.5) is 16.2 Å². The van der Waals surface area contributed by atoms with E-state index in [0.717, 1.165) is 44.7 Å². The third-order valence-electron chi connectivity index (χ3n) is 6.20. The molecule has 6 heteroatoms. The molecule has 158 valence electrons. The topological polar surface area (TPSA) is 55.9 Å². The Hall–Kier alpha value is -3.02. The van der Waals surface area contributed by atoms with Crippen LogP contribution in [0.5, 0.6) is 0 Å². The monoisotopic (exact) mass is 406 g/mol. The van der Waals surface area contributed by atoms with Crippen molar-refractivity contribution in [1.82, 2.24) is 9.80 Å². The van der Waals surface area contributed by atoms with Crippen molar-refractivity contribution in [2.75, 3.05) is 49.5 Å². The molecule has 4 rings (SSSR count). The highest BCUT2D eigenvalue weighted by Crippen LogP contribution is 2.24. The van der Waals surface area contributed by atoms with Gasteiger partial charge in [-0.05, 0) is 43.5 Å². The van der Waals surface area contributed by atoms with Crippen molar-refractivity contribution in [3.8, 4) is 0 Å². The van der Waals surface area contributed by atoms with E-state index in [1.165, 1.54) is 11.3 Å². The van der Waals surface area contributed by atoms with E-state index in [1.807, 2.05) is 40.1 Å². The molecule has 0 spiro atoms. The maximum atomic E-state index is 13.0. The molecule has 0 atom stereocenters. The summed E-state index contributed by atoms with van der Waals surface area (Å²) in [4.78, 5) is 31.7. The number of benzene rings is 2. The minimum absolute atomic E-state index is 0.0239. The van der Waals surface area contributed by atoms with Crippen LogP contribution in [0.15, 0.2) is 54.6 Å². The lowest BCUT2D eigenvalue weighted by atomic mass is 9.95. The number of carbonyl (C=O) groups excluding carboxylic acids is 2. The van der Waals surface area contributed by atoms with Crippen molar-refractivity contribution in [2.24, 2.45) is 5.92 Å². The average Bonchev–Trinajstić information content (AvgIpc) is 2.80. The molecule has 0 radical (unpaired) electrons. The third-order valence-corrected chi connectivity index (χ3v) is 6.20. The molecular weight excluding hydrogens is 376 g/mol. The van der Waals surface area contributed by atoms with Crippen LogP contribution >= 0.6 is 0 Å². The van der Waals surface area contributed by atoms with Gasteiger partial charge in [0.05, 0.1) is 0 Å². The van der Waals surface area contributed by atoms with Crippen molar-refractivity contribution in [1.29, 1.82) is 0 Å². The first kappa shape index (κ1) is 20.3. The molecule has 30 heavy (non-hydrogen) atoms. The van der Waals surface area contributed by atoms with Crippen LogP contribution in [0.25, 0.3) is 0 Å². The van der Waals surface area contributed by atoms with Crippen LogP contribution in [0, 0.1) is 12.8 Å². The van der Waals surface area contributed by atoms with E-state index in [2.05, 4.69) is 41.4 Å². The molecule has 2 aromatic rings. The fourth-order valence-corrected chi connectivity index (χ4v) is 4.40. The van der Waals surface area contributed by atoms with Gasteiger partial charge >= 0.3 is 6.03 Å². The highest BCUT2D eigenvalue weighted by Gasteiger charge is 2.31. The Balaban J connectivity index is 1.25. The van der Waals surface area contributed by atoms with Gasteiger partial charge < -0.3 is 20.0 Å². The van der Waals surface area contributed by atoms with Crippen molar-refractivity contribution >= 4 is 23.3 Å². The third kappa shape index (κ3) is 4.58. The summed E-state index contributed by atoms with van der Waals surface area (Å²) in [6, 6.07) is 17.8. The SMILES string of the molecule is Cc1ccccc1N1CCN(C(=O)C2CCN(C(=O)Nc3ccccc3)CC2)CC1. The van der Waals surface area contributed by atoms with E-state index in [0.29, 0.717) is 13.1 Å². The lowest BCUT2D eigenvalue weighted by Crippen LogP contribution is -2.52. The maximum absolute atomic E-state index is 13.0. The smallest absolute Gasteiger partial charge is 0.321 e. The molecule has 0 aliphatic carbocycles. The predicted octanol–water partition coefficient (Wildman–Crippen LogP) is 3.59. The number of rotatable bonds is 3. The van der Waals surface area contributed by atoms with E-state index in [9.17, 15) is 9.59 Å². The number of aryl methyl sites for hydroxylation is 1. The molecule has 0 aromatic heterocycles. The van der Waals surface area contributed by atoms with Crippen molar-refractivity contribution in [3.05, 3.63) is 60.2 Å². The van der Waals surface area contributed by atoms with Crippen molar-refractivity contribution in [3.63, 3.8) is 0 Å². The summed E-state index contributed by atoms with van der Waals surface area (Å²) >= 11 is 0. The Bertz CT molecular complexity index is 870. The fourth-order valence-electron chi connectivity index (χ4n) is 4.40. The molecule has 6 nitrogen and oxygen atoms in total. The zero-order chi connectivity index (χ0) is 20.9. The van der Waals surface area contributed by atoms with Crippen molar-refractivity contribution in [2.45, 2.75) is 19.8 Å². The van der Waals surface area contributed by atoms with Crippen LogP contribution in [0.3, 0.4) is 0 Å². The van der Waals surface area contributed by atoms with Crippen LogP contribution < -0.4 is 10.2 Å².